The summed E-state index contributed by atoms with van der Waals surface area (Å²) < 4.78 is 1.02. The molecule has 0 spiro atoms. The van der Waals surface area contributed by atoms with Gasteiger partial charge in [-0.3, -0.25) is 4.79 Å². The van der Waals surface area contributed by atoms with Crippen molar-refractivity contribution in [2.75, 3.05) is 18.5 Å². The molecule has 4 heteroatoms. The van der Waals surface area contributed by atoms with Gasteiger partial charge in [-0.1, -0.05) is 15.9 Å². The molecule has 82 valence electrons. The van der Waals surface area contributed by atoms with Gasteiger partial charge < -0.3 is 10.6 Å². The number of nitrogens with zero attached hydrogens (tertiary/aromatic N) is 1. The average molecular weight is 271 g/mol. The number of nitrogens with two attached hydrogens (primary N) is 1. The van der Waals surface area contributed by atoms with Crippen LogP contribution in [0.5, 0.6) is 0 Å². The predicted octanol–water partition coefficient (Wildman–Crippen LogP) is 2.07. The summed E-state index contributed by atoms with van der Waals surface area (Å²) >= 11 is 3.39. The van der Waals surface area contributed by atoms with Crippen LogP contribution in [0.15, 0.2) is 22.7 Å². The third kappa shape index (κ3) is 3.04. The number of rotatable bonds is 3. The number of benzene rings is 1. The molecule has 0 atom stereocenters. The molecule has 1 rings (SSSR count). The highest BCUT2D eigenvalue weighted by Crippen LogP contribution is 2.23. The normalized spacial score (nSPS) is 10.1. The fourth-order valence-electron chi connectivity index (χ4n) is 1.42. The zero-order valence-corrected chi connectivity index (χ0v) is 10.5. The van der Waals surface area contributed by atoms with E-state index in [2.05, 4.69) is 15.9 Å². The molecule has 1 amide bonds. The zero-order valence-electron chi connectivity index (χ0n) is 8.96. The van der Waals surface area contributed by atoms with E-state index in [-0.39, 0.29) is 5.91 Å². The number of aryl methyl sites for hydroxylation is 1. The van der Waals surface area contributed by atoms with E-state index in [1.165, 1.54) is 0 Å². The third-order valence-corrected chi connectivity index (χ3v) is 2.75. The van der Waals surface area contributed by atoms with Gasteiger partial charge in [0.05, 0.1) is 0 Å². The lowest BCUT2D eigenvalue weighted by atomic mass is 10.2. The second-order valence-electron chi connectivity index (χ2n) is 3.42. The smallest absolute Gasteiger partial charge is 0.227 e. The van der Waals surface area contributed by atoms with Crippen LogP contribution in [0.1, 0.15) is 12.0 Å². The SMILES string of the molecule is Cc1cc(Br)ccc1N(C)C(=O)CCN. The Balaban J connectivity index is 2.91. The Kier molecular flexibility index (Phi) is 4.29. The number of anilines is 1. The molecule has 0 saturated carbocycles. The van der Waals surface area contributed by atoms with Gasteiger partial charge in [0.2, 0.25) is 5.91 Å². The molecule has 0 unspecified atom stereocenters. The van der Waals surface area contributed by atoms with Gasteiger partial charge in [0, 0.05) is 30.2 Å². The first kappa shape index (κ1) is 12.2. The summed E-state index contributed by atoms with van der Waals surface area (Å²) in [6.45, 7) is 2.37. The summed E-state index contributed by atoms with van der Waals surface area (Å²) in [4.78, 5) is 13.3. The molecule has 0 aliphatic heterocycles. The van der Waals surface area contributed by atoms with Gasteiger partial charge in [0.15, 0.2) is 0 Å². The van der Waals surface area contributed by atoms with Gasteiger partial charge >= 0.3 is 0 Å². The topological polar surface area (TPSA) is 46.3 Å². The minimum atomic E-state index is 0.0444. The highest BCUT2D eigenvalue weighted by Gasteiger charge is 2.11. The summed E-state index contributed by atoms with van der Waals surface area (Å²) in [6.07, 6.45) is 0.381. The van der Waals surface area contributed by atoms with E-state index in [0.29, 0.717) is 13.0 Å². The average Bonchev–Trinajstić information content (AvgIpc) is 2.17. The molecule has 2 N–H and O–H groups in total. The highest BCUT2D eigenvalue weighted by molar-refractivity contribution is 9.10. The maximum absolute atomic E-state index is 11.6. The fourth-order valence-corrected chi connectivity index (χ4v) is 1.90. The van der Waals surface area contributed by atoms with Crippen molar-refractivity contribution in [1.82, 2.24) is 0 Å². The van der Waals surface area contributed by atoms with Gasteiger partial charge in [-0.15, -0.1) is 0 Å². The van der Waals surface area contributed by atoms with Crippen LogP contribution in [-0.4, -0.2) is 19.5 Å². The van der Waals surface area contributed by atoms with Crippen LogP contribution in [0.2, 0.25) is 0 Å². The first-order valence-electron chi connectivity index (χ1n) is 4.79. The molecule has 0 fully saturated rings. The molecule has 15 heavy (non-hydrogen) atoms. The van der Waals surface area contributed by atoms with E-state index in [9.17, 15) is 4.79 Å². The van der Waals surface area contributed by atoms with Gasteiger partial charge in [0.1, 0.15) is 0 Å². The highest BCUT2D eigenvalue weighted by atomic mass is 79.9. The van der Waals surface area contributed by atoms with Crippen LogP contribution in [0.25, 0.3) is 0 Å². The molecule has 0 aromatic heterocycles. The number of halogens is 1. The van der Waals surface area contributed by atoms with E-state index >= 15 is 0 Å². The van der Waals surface area contributed by atoms with Crippen LogP contribution in [-0.2, 0) is 4.79 Å². The Hall–Kier alpha value is -0.870. The van der Waals surface area contributed by atoms with Crippen molar-refractivity contribution in [1.29, 1.82) is 0 Å². The molecule has 1 aromatic carbocycles. The van der Waals surface area contributed by atoms with Crippen LogP contribution >= 0.6 is 15.9 Å². The van der Waals surface area contributed by atoms with Crippen LogP contribution in [0.3, 0.4) is 0 Å². The van der Waals surface area contributed by atoms with Gasteiger partial charge in [-0.2, -0.15) is 0 Å². The lowest BCUT2D eigenvalue weighted by Crippen LogP contribution is -2.28. The molecule has 3 nitrogen and oxygen atoms in total. The number of hydrogen-bond acceptors (Lipinski definition) is 2. The van der Waals surface area contributed by atoms with Gasteiger partial charge in [-0.25, -0.2) is 0 Å². The Morgan fingerprint density at radius 1 is 1.53 bits per heavy atom. The first-order valence-corrected chi connectivity index (χ1v) is 5.58. The van der Waals surface area contributed by atoms with Crippen molar-refractivity contribution in [3.8, 4) is 0 Å². The Morgan fingerprint density at radius 2 is 2.20 bits per heavy atom. The molecular weight excluding hydrogens is 256 g/mol. The summed E-state index contributed by atoms with van der Waals surface area (Å²) in [5, 5.41) is 0. The number of carbonyl (C=O) groups is 1. The van der Waals surface area contributed by atoms with Gasteiger partial charge in [-0.05, 0) is 30.7 Å². The van der Waals surface area contributed by atoms with Crippen molar-refractivity contribution in [3.63, 3.8) is 0 Å². The summed E-state index contributed by atoms with van der Waals surface area (Å²) in [5.74, 6) is 0.0444. The van der Waals surface area contributed by atoms with Gasteiger partial charge in [0.25, 0.3) is 0 Å². The zero-order chi connectivity index (χ0) is 11.4. The van der Waals surface area contributed by atoms with E-state index in [4.69, 9.17) is 5.73 Å². The summed E-state index contributed by atoms with van der Waals surface area (Å²) in [6, 6.07) is 5.84. The van der Waals surface area contributed by atoms with Crippen LogP contribution in [0, 0.1) is 6.92 Å². The number of carbonyl (C=O) groups excluding carboxylic acids is 1. The molecule has 0 bridgehead atoms. The van der Waals surface area contributed by atoms with Crippen LogP contribution in [0.4, 0.5) is 5.69 Å². The Bertz CT molecular complexity index is 366. The Labute approximate surface area is 98.4 Å². The number of amides is 1. The van der Waals surface area contributed by atoms with E-state index < -0.39 is 0 Å². The predicted molar refractivity (Wildman–Crippen MR) is 66.0 cm³/mol. The van der Waals surface area contributed by atoms with Crippen LogP contribution < -0.4 is 10.6 Å². The number of hydrogen-bond donors (Lipinski definition) is 1. The lowest BCUT2D eigenvalue weighted by molar-refractivity contribution is -0.118. The van der Waals surface area contributed by atoms with Crippen molar-refractivity contribution in [3.05, 3.63) is 28.2 Å². The lowest BCUT2D eigenvalue weighted by Gasteiger charge is -2.19. The molecule has 0 aliphatic carbocycles. The van der Waals surface area contributed by atoms with Crippen molar-refractivity contribution in [2.24, 2.45) is 5.73 Å². The van der Waals surface area contributed by atoms with Crippen molar-refractivity contribution in [2.45, 2.75) is 13.3 Å². The maximum Gasteiger partial charge on any atom is 0.227 e. The van der Waals surface area contributed by atoms with Crippen molar-refractivity contribution >= 4 is 27.5 Å². The largest absolute Gasteiger partial charge is 0.330 e. The standard InChI is InChI=1S/C11H15BrN2O/c1-8-7-9(12)3-4-10(8)14(2)11(15)5-6-13/h3-4,7H,5-6,13H2,1-2H3. The maximum atomic E-state index is 11.6. The summed E-state index contributed by atoms with van der Waals surface area (Å²) in [5.41, 5.74) is 7.35. The molecule has 0 heterocycles. The van der Waals surface area contributed by atoms with Crippen molar-refractivity contribution < 1.29 is 4.79 Å². The molecule has 0 radical (unpaired) electrons. The quantitative estimate of drug-likeness (QED) is 0.914. The molecular formula is C11H15BrN2O. The second-order valence-corrected chi connectivity index (χ2v) is 4.34. The molecule has 1 aromatic rings. The third-order valence-electron chi connectivity index (χ3n) is 2.25. The minimum absolute atomic E-state index is 0.0444. The minimum Gasteiger partial charge on any atom is -0.330 e. The molecule has 0 aliphatic rings. The second kappa shape index (κ2) is 5.28. The Morgan fingerprint density at radius 3 is 2.73 bits per heavy atom. The van der Waals surface area contributed by atoms with E-state index in [0.717, 1.165) is 15.7 Å². The monoisotopic (exact) mass is 270 g/mol. The summed E-state index contributed by atoms with van der Waals surface area (Å²) in [7, 11) is 1.77. The first-order chi connectivity index (χ1) is 7.06. The van der Waals surface area contributed by atoms with E-state index in [1.54, 1.807) is 11.9 Å². The fraction of sp³-hybridized carbons (Fsp3) is 0.364. The molecule has 0 saturated heterocycles. The van der Waals surface area contributed by atoms with E-state index in [1.807, 2.05) is 25.1 Å².